The van der Waals surface area contributed by atoms with Crippen molar-refractivity contribution in [2.24, 2.45) is 5.92 Å². The van der Waals surface area contributed by atoms with E-state index in [1.54, 1.807) is 0 Å². The summed E-state index contributed by atoms with van der Waals surface area (Å²) in [5.74, 6) is -3.07. The molecule has 3 saturated heterocycles. The molecule has 4 rings (SSSR count). The van der Waals surface area contributed by atoms with E-state index in [-0.39, 0.29) is 5.92 Å². The first-order valence-corrected chi connectivity index (χ1v) is 7.26. The van der Waals surface area contributed by atoms with Crippen molar-refractivity contribution < 1.29 is 33.0 Å². The summed E-state index contributed by atoms with van der Waals surface area (Å²) in [5, 5.41) is 14.8. The first-order chi connectivity index (χ1) is 11.2. The van der Waals surface area contributed by atoms with Crippen LogP contribution in [-0.4, -0.2) is 56.7 Å². The molecule has 1 aromatic rings. The molecule has 24 heavy (non-hydrogen) atoms. The second-order valence-corrected chi connectivity index (χ2v) is 5.68. The minimum Gasteiger partial charge on any atom is -0.473 e. The Morgan fingerprint density at radius 3 is 2.12 bits per heavy atom. The zero-order chi connectivity index (χ0) is 17.9. The third-order valence-corrected chi connectivity index (χ3v) is 4.16. The van der Waals surface area contributed by atoms with E-state index in [0.29, 0.717) is 11.6 Å². The second kappa shape index (κ2) is 7.12. The van der Waals surface area contributed by atoms with Crippen LogP contribution >= 0.6 is 0 Å². The van der Waals surface area contributed by atoms with E-state index in [1.165, 1.54) is 6.20 Å². The molecule has 0 spiro atoms. The molecule has 0 aromatic carbocycles. The van der Waals surface area contributed by atoms with Gasteiger partial charge in [0.25, 0.3) is 0 Å². The highest BCUT2D eigenvalue weighted by molar-refractivity contribution is 6.27. The van der Waals surface area contributed by atoms with Crippen LogP contribution in [0.1, 0.15) is 30.1 Å². The van der Waals surface area contributed by atoms with Crippen molar-refractivity contribution >= 4 is 11.9 Å². The van der Waals surface area contributed by atoms with Crippen LogP contribution in [0.3, 0.4) is 0 Å². The fourth-order valence-electron chi connectivity index (χ4n) is 3.00. The van der Waals surface area contributed by atoms with Crippen LogP contribution in [0.5, 0.6) is 0 Å². The van der Waals surface area contributed by atoms with Crippen LogP contribution in [0.15, 0.2) is 12.4 Å². The maximum atomic E-state index is 12.6. The highest BCUT2D eigenvalue weighted by Crippen LogP contribution is 2.38. The molecule has 4 heterocycles. The molecule has 0 aliphatic carbocycles. The minimum absolute atomic E-state index is 0.113. The highest BCUT2D eigenvalue weighted by Gasteiger charge is 2.38. The smallest absolute Gasteiger partial charge is 0.434 e. The predicted octanol–water partition coefficient (Wildman–Crippen LogP) is 1.46. The number of aliphatic carboxylic acids is 2. The number of carbonyl (C=O) groups is 2. The van der Waals surface area contributed by atoms with Gasteiger partial charge in [0.05, 0.1) is 11.9 Å². The largest absolute Gasteiger partial charge is 0.473 e. The predicted molar refractivity (Wildman–Crippen MR) is 74.2 cm³/mol. The lowest BCUT2D eigenvalue weighted by Crippen LogP contribution is -2.46. The third-order valence-electron chi connectivity index (χ3n) is 4.16. The van der Waals surface area contributed by atoms with Gasteiger partial charge in [0.1, 0.15) is 0 Å². The van der Waals surface area contributed by atoms with E-state index in [9.17, 15) is 13.2 Å². The first-order valence-electron chi connectivity index (χ1n) is 7.26. The summed E-state index contributed by atoms with van der Waals surface area (Å²) < 4.78 is 37.8. The SMILES string of the molecule is FC(F)(F)c1cncc(C2CN3CCC2CC3)n1.O=C(O)C(=O)O. The molecular formula is C14H16F3N3O4. The maximum absolute atomic E-state index is 12.6. The van der Waals surface area contributed by atoms with Gasteiger partial charge in [-0.1, -0.05) is 0 Å². The number of alkyl halides is 3. The van der Waals surface area contributed by atoms with Gasteiger partial charge in [0.2, 0.25) is 0 Å². The highest BCUT2D eigenvalue weighted by atomic mass is 19.4. The number of aromatic nitrogens is 2. The van der Waals surface area contributed by atoms with Gasteiger partial charge in [-0.05, 0) is 31.8 Å². The molecule has 2 N–H and O–H groups in total. The Kier molecular flexibility index (Phi) is 5.37. The number of halogens is 3. The fraction of sp³-hybridized carbons (Fsp3) is 0.571. The standard InChI is InChI=1S/C12H14F3N3.C2H2O4/c13-12(14,15)11-6-16-5-10(17-11)9-7-18-3-1-8(9)2-4-18;3-1(4)2(5)6/h5-6,8-9H,1-4,7H2;(H,3,4)(H,5,6). The summed E-state index contributed by atoms with van der Waals surface area (Å²) in [4.78, 5) is 28.0. The van der Waals surface area contributed by atoms with Crippen molar-refractivity contribution in [1.82, 2.24) is 14.9 Å². The molecule has 0 saturated carbocycles. The lowest BCUT2D eigenvalue weighted by atomic mass is 9.77. The molecule has 1 atom stereocenters. The molecular weight excluding hydrogens is 331 g/mol. The van der Waals surface area contributed by atoms with Crippen molar-refractivity contribution in [1.29, 1.82) is 0 Å². The molecule has 3 aliphatic heterocycles. The maximum Gasteiger partial charge on any atom is 0.434 e. The van der Waals surface area contributed by atoms with Crippen molar-refractivity contribution in [3.05, 3.63) is 23.8 Å². The Hall–Kier alpha value is -2.23. The van der Waals surface area contributed by atoms with Crippen LogP contribution in [0.2, 0.25) is 0 Å². The lowest BCUT2D eigenvalue weighted by molar-refractivity contribution is -0.159. The van der Waals surface area contributed by atoms with Gasteiger partial charge < -0.3 is 15.1 Å². The summed E-state index contributed by atoms with van der Waals surface area (Å²) in [6.07, 6.45) is -0.00520. The molecule has 7 nitrogen and oxygen atoms in total. The van der Waals surface area contributed by atoms with E-state index in [2.05, 4.69) is 14.9 Å². The Balaban J connectivity index is 0.000000301. The van der Waals surface area contributed by atoms with E-state index >= 15 is 0 Å². The lowest BCUT2D eigenvalue weighted by Gasteiger charge is -2.44. The second-order valence-electron chi connectivity index (χ2n) is 5.68. The Labute approximate surface area is 135 Å². The number of hydrogen-bond donors (Lipinski definition) is 2. The van der Waals surface area contributed by atoms with E-state index < -0.39 is 23.8 Å². The van der Waals surface area contributed by atoms with Gasteiger partial charge >= 0.3 is 18.1 Å². The molecule has 132 valence electrons. The molecule has 2 bridgehead atoms. The number of nitrogens with zero attached hydrogens (tertiary/aromatic N) is 3. The van der Waals surface area contributed by atoms with Crippen molar-refractivity contribution in [3.8, 4) is 0 Å². The van der Waals surface area contributed by atoms with Gasteiger partial charge in [-0.3, -0.25) is 4.98 Å². The molecule has 3 aliphatic rings. The number of fused-ring (bicyclic) bond motifs is 3. The van der Waals surface area contributed by atoms with Gasteiger partial charge in [-0.25, -0.2) is 14.6 Å². The van der Waals surface area contributed by atoms with E-state index in [1.807, 2.05) is 0 Å². The van der Waals surface area contributed by atoms with Crippen LogP contribution in [0.4, 0.5) is 13.2 Å². The van der Waals surface area contributed by atoms with Crippen LogP contribution in [0.25, 0.3) is 0 Å². The number of rotatable bonds is 1. The summed E-state index contributed by atoms with van der Waals surface area (Å²) >= 11 is 0. The number of piperidine rings is 3. The molecule has 0 amide bonds. The first kappa shape index (κ1) is 18.1. The average Bonchev–Trinajstić information content (AvgIpc) is 2.55. The fourth-order valence-corrected chi connectivity index (χ4v) is 3.00. The molecule has 0 radical (unpaired) electrons. The molecule has 1 unspecified atom stereocenters. The normalized spacial score (nSPS) is 25.5. The summed E-state index contributed by atoms with van der Waals surface area (Å²) in [6.45, 7) is 2.95. The zero-order valence-electron chi connectivity index (χ0n) is 12.5. The van der Waals surface area contributed by atoms with Crippen molar-refractivity contribution in [2.75, 3.05) is 19.6 Å². The van der Waals surface area contributed by atoms with E-state index in [0.717, 1.165) is 38.7 Å². The Bertz CT molecular complexity index is 604. The summed E-state index contributed by atoms with van der Waals surface area (Å²) in [7, 11) is 0. The molecule has 1 aromatic heterocycles. The Morgan fingerprint density at radius 1 is 1.12 bits per heavy atom. The van der Waals surface area contributed by atoms with Gasteiger partial charge in [0.15, 0.2) is 5.69 Å². The molecule has 3 fully saturated rings. The monoisotopic (exact) mass is 347 g/mol. The topological polar surface area (TPSA) is 104 Å². The zero-order valence-corrected chi connectivity index (χ0v) is 12.5. The summed E-state index contributed by atoms with van der Waals surface area (Å²) in [6, 6.07) is 0. The quantitative estimate of drug-likeness (QED) is 0.741. The van der Waals surface area contributed by atoms with Gasteiger partial charge in [0, 0.05) is 18.7 Å². The average molecular weight is 347 g/mol. The third kappa shape index (κ3) is 4.40. The minimum atomic E-state index is -4.41. The van der Waals surface area contributed by atoms with Crippen LogP contribution in [0, 0.1) is 5.92 Å². The Morgan fingerprint density at radius 2 is 1.71 bits per heavy atom. The number of carboxylic acids is 2. The van der Waals surface area contributed by atoms with Crippen molar-refractivity contribution in [2.45, 2.75) is 24.9 Å². The number of hydrogen-bond acceptors (Lipinski definition) is 5. The van der Waals surface area contributed by atoms with Gasteiger partial charge in [-0.2, -0.15) is 13.2 Å². The number of carboxylic acid groups (broad SMARTS) is 2. The molecule has 10 heteroatoms. The van der Waals surface area contributed by atoms with Crippen LogP contribution < -0.4 is 0 Å². The summed E-state index contributed by atoms with van der Waals surface area (Å²) in [5.41, 5.74) is -0.379. The van der Waals surface area contributed by atoms with E-state index in [4.69, 9.17) is 19.8 Å². The van der Waals surface area contributed by atoms with Gasteiger partial charge in [-0.15, -0.1) is 0 Å². The van der Waals surface area contributed by atoms with Crippen LogP contribution in [-0.2, 0) is 15.8 Å². The van der Waals surface area contributed by atoms with Crippen molar-refractivity contribution in [3.63, 3.8) is 0 Å².